The van der Waals surface area contributed by atoms with Gasteiger partial charge in [0.2, 0.25) is 0 Å². The molecule has 0 saturated carbocycles. The maximum atomic E-state index is 13.2. The van der Waals surface area contributed by atoms with Gasteiger partial charge in [0.15, 0.2) is 0 Å². The molecule has 9 heteroatoms. The molecule has 6 nitrogen and oxygen atoms in total. The minimum absolute atomic E-state index is 0.0265. The van der Waals surface area contributed by atoms with Crippen LogP contribution in [-0.2, 0) is 25.9 Å². The lowest BCUT2D eigenvalue weighted by atomic mass is 9.75. The summed E-state index contributed by atoms with van der Waals surface area (Å²) >= 11 is 0. The van der Waals surface area contributed by atoms with Crippen molar-refractivity contribution in [2.45, 2.75) is 24.9 Å². The first-order chi connectivity index (χ1) is 17.2. The van der Waals surface area contributed by atoms with Gasteiger partial charge in [-0.25, -0.2) is 0 Å². The Bertz CT molecular complexity index is 1100. The van der Waals surface area contributed by atoms with E-state index in [0.29, 0.717) is 38.5 Å². The van der Waals surface area contributed by atoms with Gasteiger partial charge in [-0.1, -0.05) is 12.1 Å². The number of esters is 1. The van der Waals surface area contributed by atoms with Crippen molar-refractivity contribution in [1.82, 2.24) is 4.90 Å². The molecule has 3 fully saturated rings. The normalized spacial score (nSPS) is 22.8. The topological polar surface area (TPSA) is 59.1 Å². The van der Waals surface area contributed by atoms with Crippen molar-refractivity contribution in [2.24, 2.45) is 11.8 Å². The van der Waals surface area contributed by atoms with Crippen molar-refractivity contribution in [1.29, 1.82) is 0 Å². The van der Waals surface area contributed by atoms with Crippen molar-refractivity contribution >= 4 is 17.6 Å². The van der Waals surface area contributed by atoms with Crippen LogP contribution < -0.4 is 4.90 Å². The van der Waals surface area contributed by atoms with E-state index in [0.717, 1.165) is 36.5 Å². The Morgan fingerprint density at radius 1 is 0.972 bits per heavy atom. The van der Waals surface area contributed by atoms with Crippen LogP contribution in [0.3, 0.4) is 0 Å². The van der Waals surface area contributed by atoms with Gasteiger partial charge >= 0.3 is 12.1 Å². The number of benzene rings is 2. The van der Waals surface area contributed by atoms with E-state index < -0.39 is 17.2 Å². The fraction of sp³-hybridized carbons (Fsp3) is 0.481. The van der Waals surface area contributed by atoms with Gasteiger partial charge in [0.1, 0.15) is 0 Å². The second-order valence-electron chi connectivity index (χ2n) is 10.0. The summed E-state index contributed by atoms with van der Waals surface area (Å²) in [4.78, 5) is 29.2. The molecule has 3 aliphatic rings. The quantitative estimate of drug-likeness (QED) is 0.556. The molecule has 0 aromatic heterocycles. The van der Waals surface area contributed by atoms with Crippen LogP contribution in [0.1, 0.15) is 34.8 Å². The van der Waals surface area contributed by atoms with Gasteiger partial charge in [0.05, 0.1) is 37.2 Å². The molecule has 1 amide bonds. The van der Waals surface area contributed by atoms with Gasteiger partial charge in [-0.05, 0) is 48.9 Å². The van der Waals surface area contributed by atoms with Crippen LogP contribution in [0.5, 0.6) is 0 Å². The van der Waals surface area contributed by atoms with E-state index >= 15 is 0 Å². The Balaban J connectivity index is 1.19. The number of carbonyl (C=O) groups excluding carboxylic acids is 2. The highest BCUT2D eigenvalue weighted by Crippen LogP contribution is 2.38. The number of hydrogen-bond acceptors (Lipinski definition) is 5. The standard InChI is InChI=1S/C27H29F3N2O4/c1-2-36-24(33)11-26(16-35-17-26)21-5-3-18(4-6-21)25(34)32-14-19-12-31(13-20(19)15-32)23-9-7-22(8-10-23)27(28,29)30/h3-10,19-20H,2,11-17H2,1H3. The van der Waals surface area contributed by atoms with Crippen LogP contribution >= 0.6 is 0 Å². The average molecular weight is 503 g/mol. The first-order valence-electron chi connectivity index (χ1n) is 12.2. The van der Waals surface area contributed by atoms with E-state index in [1.807, 2.05) is 29.2 Å². The number of halogens is 3. The minimum atomic E-state index is -4.34. The fourth-order valence-electron chi connectivity index (χ4n) is 5.59. The predicted octanol–water partition coefficient (Wildman–Crippen LogP) is 4.14. The second kappa shape index (κ2) is 9.42. The third-order valence-electron chi connectivity index (χ3n) is 7.62. The highest BCUT2D eigenvalue weighted by Gasteiger charge is 2.44. The molecule has 2 aromatic carbocycles. The number of carbonyl (C=O) groups is 2. The first-order valence-corrected chi connectivity index (χ1v) is 12.2. The third-order valence-corrected chi connectivity index (χ3v) is 7.62. The number of hydrogen-bond donors (Lipinski definition) is 0. The summed E-state index contributed by atoms with van der Waals surface area (Å²) in [5, 5.41) is 0. The summed E-state index contributed by atoms with van der Waals surface area (Å²) in [6.45, 7) is 5.70. The lowest BCUT2D eigenvalue weighted by Crippen LogP contribution is -2.48. The molecule has 0 spiro atoms. The number of likely N-dealkylation sites (tertiary alicyclic amines) is 1. The van der Waals surface area contributed by atoms with Gasteiger partial charge in [-0.2, -0.15) is 13.2 Å². The average Bonchev–Trinajstić information content (AvgIpc) is 3.41. The summed E-state index contributed by atoms with van der Waals surface area (Å²) in [6, 6.07) is 12.7. The molecule has 5 rings (SSSR count). The molecule has 0 radical (unpaired) electrons. The number of amides is 1. The van der Waals surface area contributed by atoms with E-state index in [-0.39, 0.29) is 30.1 Å². The summed E-state index contributed by atoms with van der Waals surface area (Å²) in [7, 11) is 0. The van der Waals surface area contributed by atoms with Crippen molar-refractivity contribution in [2.75, 3.05) is 50.9 Å². The van der Waals surface area contributed by atoms with Crippen LogP contribution in [0.25, 0.3) is 0 Å². The second-order valence-corrected chi connectivity index (χ2v) is 10.0. The highest BCUT2D eigenvalue weighted by atomic mass is 19.4. The zero-order chi connectivity index (χ0) is 25.5. The Morgan fingerprint density at radius 3 is 2.08 bits per heavy atom. The van der Waals surface area contributed by atoms with Crippen LogP contribution in [-0.4, -0.2) is 62.8 Å². The van der Waals surface area contributed by atoms with Gasteiger partial charge in [-0.3, -0.25) is 9.59 Å². The maximum absolute atomic E-state index is 13.2. The van der Waals surface area contributed by atoms with E-state index in [2.05, 4.69) is 4.90 Å². The Hall–Kier alpha value is -3.07. The largest absolute Gasteiger partial charge is 0.466 e. The molecule has 192 valence electrons. The summed E-state index contributed by atoms with van der Waals surface area (Å²) in [5.74, 6) is 0.294. The maximum Gasteiger partial charge on any atom is 0.416 e. The monoisotopic (exact) mass is 502 g/mol. The number of nitrogens with zero attached hydrogens (tertiary/aromatic N) is 2. The molecule has 36 heavy (non-hydrogen) atoms. The van der Waals surface area contributed by atoms with Crippen LogP contribution in [0, 0.1) is 11.8 Å². The summed E-state index contributed by atoms with van der Waals surface area (Å²) in [6.07, 6.45) is -4.09. The van der Waals surface area contributed by atoms with Gasteiger partial charge in [0, 0.05) is 49.3 Å². The smallest absolute Gasteiger partial charge is 0.416 e. The minimum Gasteiger partial charge on any atom is -0.466 e. The number of rotatable bonds is 6. The fourth-order valence-corrected chi connectivity index (χ4v) is 5.59. The van der Waals surface area contributed by atoms with E-state index in [1.165, 1.54) is 12.1 Å². The summed E-state index contributed by atoms with van der Waals surface area (Å²) < 4.78 is 49.1. The predicted molar refractivity (Wildman–Crippen MR) is 127 cm³/mol. The Kier molecular flexibility index (Phi) is 6.44. The molecule has 0 aliphatic carbocycles. The molecule has 2 atom stereocenters. The zero-order valence-corrected chi connectivity index (χ0v) is 20.1. The third kappa shape index (κ3) is 4.68. The van der Waals surface area contributed by atoms with Crippen molar-refractivity contribution in [3.63, 3.8) is 0 Å². The molecular formula is C27H29F3N2O4. The molecule has 3 heterocycles. The molecule has 3 aliphatic heterocycles. The molecular weight excluding hydrogens is 473 g/mol. The highest BCUT2D eigenvalue weighted by molar-refractivity contribution is 5.94. The summed E-state index contributed by atoms with van der Waals surface area (Å²) in [5.41, 5.74) is 1.29. The van der Waals surface area contributed by atoms with Crippen LogP contribution in [0.15, 0.2) is 48.5 Å². The molecule has 2 unspecified atom stereocenters. The van der Waals surface area contributed by atoms with Crippen molar-refractivity contribution in [3.05, 3.63) is 65.2 Å². The van der Waals surface area contributed by atoms with Crippen molar-refractivity contribution in [3.8, 4) is 0 Å². The van der Waals surface area contributed by atoms with Crippen LogP contribution in [0.2, 0.25) is 0 Å². The van der Waals surface area contributed by atoms with E-state index in [1.54, 1.807) is 6.92 Å². The Labute approximate surface area is 208 Å². The number of fused-ring (bicyclic) bond motifs is 1. The number of anilines is 1. The van der Waals surface area contributed by atoms with E-state index in [4.69, 9.17) is 9.47 Å². The Morgan fingerprint density at radius 2 is 1.58 bits per heavy atom. The molecule has 0 bridgehead atoms. The van der Waals surface area contributed by atoms with Gasteiger partial charge in [0.25, 0.3) is 5.91 Å². The molecule has 0 N–H and O–H groups in total. The number of ether oxygens (including phenoxy) is 2. The SMILES string of the molecule is CCOC(=O)CC1(c2ccc(C(=O)N3CC4CN(c5ccc(C(F)(F)F)cc5)CC4C3)cc2)COC1. The van der Waals surface area contributed by atoms with Crippen LogP contribution in [0.4, 0.5) is 18.9 Å². The van der Waals surface area contributed by atoms with E-state index in [9.17, 15) is 22.8 Å². The lowest BCUT2D eigenvalue weighted by molar-refractivity contribution is -0.151. The zero-order valence-electron chi connectivity index (χ0n) is 20.1. The van der Waals surface area contributed by atoms with Crippen molar-refractivity contribution < 1.29 is 32.2 Å². The number of alkyl halides is 3. The molecule has 2 aromatic rings. The molecule has 3 saturated heterocycles. The first kappa shape index (κ1) is 24.6. The lowest BCUT2D eigenvalue weighted by Gasteiger charge is -2.41. The van der Waals surface area contributed by atoms with Gasteiger partial charge in [-0.15, -0.1) is 0 Å². The van der Waals surface area contributed by atoms with Gasteiger partial charge < -0.3 is 19.3 Å².